The second-order valence-corrected chi connectivity index (χ2v) is 13.1. The molecule has 0 spiro atoms. The lowest BCUT2D eigenvalue weighted by atomic mass is 10.1. The number of anilines is 2. The van der Waals surface area contributed by atoms with E-state index < -0.39 is 17.1 Å². The fourth-order valence-electron chi connectivity index (χ4n) is 5.29. The summed E-state index contributed by atoms with van der Waals surface area (Å²) in [4.78, 5) is 41.5. The summed E-state index contributed by atoms with van der Waals surface area (Å²) in [5, 5.41) is 8.10. The van der Waals surface area contributed by atoms with Gasteiger partial charge in [0.25, 0.3) is 11.8 Å². The summed E-state index contributed by atoms with van der Waals surface area (Å²) in [5.74, 6) is 0.794. The van der Waals surface area contributed by atoms with Gasteiger partial charge in [-0.3, -0.25) is 14.4 Å². The lowest BCUT2D eigenvalue weighted by molar-refractivity contribution is -0.116. The van der Waals surface area contributed by atoms with E-state index in [1.807, 2.05) is 66.7 Å². The maximum atomic E-state index is 13.8. The Balaban J connectivity index is 1.34. The van der Waals surface area contributed by atoms with E-state index in [0.29, 0.717) is 46.4 Å². The van der Waals surface area contributed by atoms with E-state index in [-0.39, 0.29) is 11.6 Å². The Morgan fingerprint density at radius 2 is 1.30 bits per heavy atom. The van der Waals surface area contributed by atoms with Crippen molar-refractivity contribution in [3.05, 3.63) is 144 Å². The van der Waals surface area contributed by atoms with Crippen molar-refractivity contribution in [1.82, 2.24) is 5.32 Å². The summed E-state index contributed by atoms with van der Waals surface area (Å²) in [5.41, 5.74) is 2.80. The van der Waals surface area contributed by atoms with Crippen molar-refractivity contribution < 1.29 is 33.3 Å². The molecule has 0 aromatic heterocycles. The van der Waals surface area contributed by atoms with Crippen LogP contribution in [0.5, 0.6) is 23.0 Å². The number of carbonyl (C=O) groups excluding carboxylic acids is 3. The third-order valence-electron chi connectivity index (χ3n) is 8.16. The number of ether oxygens (including phenoxy) is 4. The van der Waals surface area contributed by atoms with Gasteiger partial charge in [-0.15, -0.1) is 11.8 Å². The lowest BCUT2D eigenvalue weighted by Crippen LogP contribution is -2.30. The molecule has 278 valence electrons. The summed E-state index contributed by atoms with van der Waals surface area (Å²) in [7, 11) is 4.51. The number of hydrogen-bond donors (Lipinski definition) is 3. The fraction of sp³-hybridized carbons (Fsp3) is 0.186. The first kappa shape index (κ1) is 39.0. The molecule has 3 N–H and O–H groups in total. The third kappa shape index (κ3) is 10.7. The molecule has 0 saturated carbocycles. The summed E-state index contributed by atoms with van der Waals surface area (Å²) in [6.07, 6.45) is 3.54. The molecule has 0 heterocycles. The molecule has 5 rings (SSSR count). The smallest absolute Gasteiger partial charge is 0.272 e. The third-order valence-corrected chi connectivity index (χ3v) is 9.43. The van der Waals surface area contributed by atoms with Gasteiger partial charge in [-0.25, -0.2) is 0 Å². The monoisotopic (exact) mass is 745 g/mol. The molecular weight excluding hydrogens is 703 g/mol. The average molecular weight is 746 g/mol. The maximum Gasteiger partial charge on any atom is 0.272 e. The Bertz CT molecular complexity index is 2040. The Morgan fingerprint density at radius 1 is 0.704 bits per heavy atom. The SMILES string of the molecule is CCCCOc1ccc(NC(=O)C(Sc2ccc(NC(=O)/C(=C/c3cc(OC)c(OC)cc3OC)NC(=O)c3ccccc3)cc2)c2ccccc2)cc1. The van der Waals surface area contributed by atoms with Crippen molar-refractivity contribution in [2.24, 2.45) is 0 Å². The second-order valence-electron chi connectivity index (χ2n) is 11.9. The summed E-state index contributed by atoms with van der Waals surface area (Å²) < 4.78 is 22.2. The van der Waals surface area contributed by atoms with Crippen LogP contribution in [0.4, 0.5) is 11.4 Å². The Labute approximate surface area is 319 Å². The van der Waals surface area contributed by atoms with E-state index in [1.54, 1.807) is 54.6 Å². The van der Waals surface area contributed by atoms with Gasteiger partial charge in [0.05, 0.1) is 27.9 Å². The highest BCUT2D eigenvalue weighted by atomic mass is 32.2. The van der Waals surface area contributed by atoms with Crippen molar-refractivity contribution in [1.29, 1.82) is 0 Å². The van der Waals surface area contributed by atoms with Crippen molar-refractivity contribution in [2.45, 2.75) is 29.9 Å². The molecule has 5 aromatic carbocycles. The topological polar surface area (TPSA) is 124 Å². The molecule has 0 radical (unpaired) electrons. The van der Waals surface area contributed by atoms with E-state index in [2.05, 4.69) is 22.9 Å². The average Bonchev–Trinajstić information content (AvgIpc) is 3.21. The van der Waals surface area contributed by atoms with Crippen LogP contribution in [0.1, 0.15) is 46.5 Å². The number of benzene rings is 5. The summed E-state index contributed by atoms with van der Waals surface area (Å²) >= 11 is 1.38. The van der Waals surface area contributed by atoms with Gasteiger partial charge in [0, 0.05) is 33.5 Å². The molecule has 1 atom stereocenters. The highest BCUT2D eigenvalue weighted by molar-refractivity contribution is 8.00. The number of rotatable bonds is 17. The minimum Gasteiger partial charge on any atom is -0.496 e. The van der Waals surface area contributed by atoms with E-state index in [9.17, 15) is 14.4 Å². The van der Waals surface area contributed by atoms with Crippen LogP contribution in [0.3, 0.4) is 0 Å². The minimum absolute atomic E-state index is 0.0332. The second kappa shape index (κ2) is 19.6. The molecule has 0 aliphatic heterocycles. The first-order chi connectivity index (χ1) is 26.3. The normalized spacial score (nSPS) is 11.5. The molecule has 0 bridgehead atoms. The van der Waals surface area contributed by atoms with Crippen LogP contribution >= 0.6 is 11.8 Å². The molecule has 0 fully saturated rings. The molecular formula is C43H43N3O7S. The summed E-state index contributed by atoms with van der Waals surface area (Å²) in [6.45, 7) is 2.76. The first-order valence-electron chi connectivity index (χ1n) is 17.4. The Hall–Kier alpha value is -6.20. The van der Waals surface area contributed by atoms with Gasteiger partial charge in [-0.2, -0.15) is 0 Å². The van der Waals surface area contributed by atoms with Crippen LogP contribution in [0.25, 0.3) is 6.08 Å². The number of methoxy groups -OCH3 is 3. The molecule has 0 aliphatic carbocycles. The number of unbranched alkanes of at least 4 members (excludes halogenated alkanes) is 1. The largest absolute Gasteiger partial charge is 0.496 e. The number of carbonyl (C=O) groups is 3. The van der Waals surface area contributed by atoms with Crippen LogP contribution in [0, 0.1) is 0 Å². The molecule has 3 amide bonds. The minimum atomic E-state index is -0.570. The zero-order valence-corrected chi connectivity index (χ0v) is 31.4. The van der Waals surface area contributed by atoms with Crippen molar-refractivity contribution in [2.75, 3.05) is 38.6 Å². The van der Waals surface area contributed by atoms with Crippen LogP contribution in [0.2, 0.25) is 0 Å². The van der Waals surface area contributed by atoms with Crippen molar-refractivity contribution >= 4 is 46.9 Å². The number of thioether (sulfide) groups is 1. The molecule has 11 heteroatoms. The number of amides is 3. The number of nitrogens with one attached hydrogen (secondary N) is 3. The van der Waals surface area contributed by atoms with E-state index in [1.165, 1.54) is 39.2 Å². The van der Waals surface area contributed by atoms with E-state index in [4.69, 9.17) is 18.9 Å². The predicted octanol–water partition coefficient (Wildman–Crippen LogP) is 8.77. The van der Waals surface area contributed by atoms with Gasteiger partial charge in [0.15, 0.2) is 11.5 Å². The number of hydrogen-bond acceptors (Lipinski definition) is 8. The van der Waals surface area contributed by atoms with Gasteiger partial charge in [0.2, 0.25) is 5.91 Å². The molecule has 10 nitrogen and oxygen atoms in total. The molecule has 0 saturated heterocycles. The van der Waals surface area contributed by atoms with Crippen molar-refractivity contribution in [3.8, 4) is 23.0 Å². The van der Waals surface area contributed by atoms with Gasteiger partial charge < -0.3 is 34.9 Å². The summed E-state index contributed by atoms with van der Waals surface area (Å²) in [6, 6.07) is 35.9. The van der Waals surface area contributed by atoms with Gasteiger partial charge in [0.1, 0.15) is 22.4 Å². The highest BCUT2D eigenvalue weighted by Gasteiger charge is 2.23. The molecule has 0 aliphatic rings. The van der Waals surface area contributed by atoms with Crippen LogP contribution in [-0.2, 0) is 9.59 Å². The van der Waals surface area contributed by atoms with Gasteiger partial charge in [-0.1, -0.05) is 61.9 Å². The Morgan fingerprint density at radius 3 is 1.93 bits per heavy atom. The maximum absolute atomic E-state index is 13.8. The van der Waals surface area contributed by atoms with E-state index >= 15 is 0 Å². The van der Waals surface area contributed by atoms with Crippen LogP contribution < -0.4 is 34.9 Å². The zero-order chi connectivity index (χ0) is 38.3. The standard InChI is InChI=1S/C43H43N3O7S/c1-5-6-25-53-34-21-17-32(18-22-34)45-43(49)40(29-13-9-7-10-14-29)54-35-23-19-33(20-24-35)44-42(48)36(46-41(47)30-15-11-8-12-16-30)26-31-27-38(51-3)39(52-4)28-37(31)50-2/h7-24,26-28,40H,5-6,25H2,1-4H3,(H,44,48)(H,45,49)(H,46,47)/b36-26-. The van der Waals surface area contributed by atoms with Crippen molar-refractivity contribution in [3.63, 3.8) is 0 Å². The van der Waals surface area contributed by atoms with E-state index in [0.717, 1.165) is 29.1 Å². The quantitative estimate of drug-likeness (QED) is 0.0491. The Kier molecular flexibility index (Phi) is 14.2. The van der Waals surface area contributed by atoms with Crippen LogP contribution in [0.15, 0.2) is 132 Å². The first-order valence-corrected chi connectivity index (χ1v) is 18.2. The van der Waals surface area contributed by atoms with Gasteiger partial charge >= 0.3 is 0 Å². The molecule has 54 heavy (non-hydrogen) atoms. The zero-order valence-electron chi connectivity index (χ0n) is 30.6. The highest BCUT2D eigenvalue weighted by Crippen LogP contribution is 2.38. The fourth-order valence-corrected chi connectivity index (χ4v) is 6.32. The van der Waals surface area contributed by atoms with Crippen LogP contribution in [-0.4, -0.2) is 45.7 Å². The van der Waals surface area contributed by atoms with Gasteiger partial charge in [-0.05, 0) is 84.8 Å². The molecule has 5 aromatic rings. The lowest BCUT2D eigenvalue weighted by Gasteiger charge is -2.18. The predicted molar refractivity (Wildman–Crippen MR) is 214 cm³/mol. The molecule has 1 unspecified atom stereocenters.